The molecule has 0 saturated carbocycles. The molecule has 1 heterocycles. The summed E-state index contributed by atoms with van der Waals surface area (Å²) in [6.07, 6.45) is 4.04. The highest BCUT2D eigenvalue weighted by molar-refractivity contribution is 9.10. The largest absolute Gasteiger partial charge is 0.493 e. The summed E-state index contributed by atoms with van der Waals surface area (Å²) in [6.45, 7) is 4.41. The third-order valence-corrected chi connectivity index (χ3v) is 4.79. The van der Waals surface area contributed by atoms with Gasteiger partial charge >= 0.3 is 0 Å². The van der Waals surface area contributed by atoms with E-state index in [2.05, 4.69) is 69.7 Å². The summed E-state index contributed by atoms with van der Waals surface area (Å²) < 4.78 is 12.4. The van der Waals surface area contributed by atoms with Gasteiger partial charge in [0.05, 0.1) is 13.7 Å². The molecule has 0 aliphatic carbocycles. The summed E-state index contributed by atoms with van der Waals surface area (Å²) in [5.41, 5.74) is 3.63. The summed E-state index contributed by atoms with van der Waals surface area (Å²) in [5.74, 6) is 1.60. The van der Waals surface area contributed by atoms with Crippen LogP contribution in [0.4, 0.5) is 0 Å². The second kappa shape index (κ2) is 9.10. The smallest absolute Gasteiger partial charge is 0.165 e. The van der Waals surface area contributed by atoms with Crippen molar-refractivity contribution < 1.29 is 9.47 Å². The molecule has 3 rings (SSSR count). The average molecular weight is 417 g/mol. The van der Waals surface area contributed by atoms with Crippen LogP contribution in [0.5, 0.6) is 11.5 Å². The lowest BCUT2D eigenvalue weighted by atomic mass is 10.1. The van der Waals surface area contributed by atoms with Gasteiger partial charge in [-0.25, -0.2) is 0 Å². The molecule has 4 nitrogen and oxygen atoms in total. The minimum Gasteiger partial charge on any atom is -0.493 e. The molecular weight excluding hydrogens is 392 g/mol. The Balaban J connectivity index is 1.64. The van der Waals surface area contributed by atoms with Crippen LogP contribution in [0.25, 0.3) is 10.9 Å². The molecule has 0 bridgehead atoms. The normalized spacial score (nSPS) is 11.0. The molecule has 138 valence electrons. The van der Waals surface area contributed by atoms with Crippen LogP contribution >= 0.6 is 15.9 Å². The second-order valence-corrected chi connectivity index (χ2v) is 7.15. The number of fused-ring (bicyclic) bond motifs is 1. The summed E-state index contributed by atoms with van der Waals surface area (Å²) in [7, 11) is 1.68. The van der Waals surface area contributed by atoms with Gasteiger partial charge in [0.25, 0.3) is 0 Å². The van der Waals surface area contributed by atoms with Crippen molar-refractivity contribution in [3.05, 3.63) is 58.2 Å². The highest BCUT2D eigenvalue weighted by Crippen LogP contribution is 2.35. The summed E-state index contributed by atoms with van der Waals surface area (Å²) in [4.78, 5) is 3.33. The Hall–Kier alpha value is -1.98. The molecule has 0 saturated heterocycles. The van der Waals surface area contributed by atoms with E-state index in [9.17, 15) is 0 Å². The standard InChI is InChI=1S/C21H25BrN2O2/c1-3-10-26-21-16(11-17(22)12-20(21)25-2)13-23-9-8-15-14-24-19-7-5-4-6-18(15)19/h4-7,11-12,14,23-24H,3,8-10,13H2,1-2H3. The van der Waals surface area contributed by atoms with E-state index < -0.39 is 0 Å². The Morgan fingerprint density at radius 3 is 2.81 bits per heavy atom. The quantitative estimate of drug-likeness (QED) is 0.479. The van der Waals surface area contributed by atoms with Gasteiger partial charge in [0.2, 0.25) is 0 Å². The van der Waals surface area contributed by atoms with Crippen molar-refractivity contribution in [2.45, 2.75) is 26.3 Å². The maximum atomic E-state index is 5.93. The van der Waals surface area contributed by atoms with E-state index in [4.69, 9.17) is 9.47 Å². The first-order valence-electron chi connectivity index (χ1n) is 8.97. The number of ether oxygens (including phenoxy) is 2. The number of halogens is 1. The molecule has 0 fully saturated rings. The van der Waals surface area contributed by atoms with Gasteiger partial charge in [0, 0.05) is 33.7 Å². The average Bonchev–Trinajstić information content (AvgIpc) is 3.07. The van der Waals surface area contributed by atoms with Crippen molar-refractivity contribution >= 4 is 26.8 Å². The van der Waals surface area contributed by atoms with Crippen LogP contribution in [-0.4, -0.2) is 25.2 Å². The Morgan fingerprint density at radius 1 is 1.15 bits per heavy atom. The topological polar surface area (TPSA) is 46.3 Å². The Morgan fingerprint density at radius 2 is 2.00 bits per heavy atom. The van der Waals surface area contributed by atoms with E-state index in [-0.39, 0.29) is 0 Å². The molecule has 0 aliphatic rings. The molecule has 26 heavy (non-hydrogen) atoms. The van der Waals surface area contributed by atoms with E-state index in [1.165, 1.54) is 16.5 Å². The molecule has 1 aromatic heterocycles. The Labute approximate surface area is 163 Å². The zero-order valence-corrected chi connectivity index (χ0v) is 16.9. The molecule has 0 unspecified atom stereocenters. The molecule has 0 spiro atoms. The van der Waals surface area contributed by atoms with Crippen molar-refractivity contribution in [3.63, 3.8) is 0 Å². The molecule has 0 atom stereocenters. The predicted octanol–water partition coefficient (Wildman–Crippen LogP) is 5.06. The number of hydrogen-bond donors (Lipinski definition) is 2. The van der Waals surface area contributed by atoms with Crippen molar-refractivity contribution in [1.29, 1.82) is 0 Å². The highest BCUT2D eigenvalue weighted by atomic mass is 79.9. The van der Waals surface area contributed by atoms with E-state index in [0.29, 0.717) is 6.61 Å². The van der Waals surface area contributed by atoms with Gasteiger partial charge in [0.15, 0.2) is 11.5 Å². The molecule has 2 N–H and O–H groups in total. The van der Waals surface area contributed by atoms with Crippen LogP contribution in [0, 0.1) is 0 Å². The third kappa shape index (κ3) is 4.40. The fourth-order valence-electron chi connectivity index (χ4n) is 3.06. The van der Waals surface area contributed by atoms with Crippen LogP contribution < -0.4 is 14.8 Å². The molecule has 3 aromatic rings. The maximum absolute atomic E-state index is 5.93. The molecule has 0 amide bonds. The third-order valence-electron chi connectivity index (χ3n) is 4.33. The van der Waals surface area contributed by atoms with Crippen LogP contribution in [-0.2, 0) is 13.0 Å². The van der Waals surface area contributed by atoms with E-state index in [0.717, 1.165) is 47.5 Å². The molecule has 2 aromatic carbocycles. The first-order valence-corrected chi connectivity index (χ1v) is 9.77. The Bertz CT molecular complexity index is 860. The van der Waals surface area contributed by atoms with E-state index >= 15 is 0 Å². The molecule has 0 aliphatic heterocycles. The van der Waals surface area contributed by atoms with Gasteiger partial charge < -0.3 is 19.8 Å². The van der Waals surface area contributed by atoms with Crippen LogP contribution in [0.2, 0.25) is 0 Å². The number of para-hydroxylation sites is 1. The SMILES string of the molecule is CCCOc1c(CNCCc2c[nH]c3ccccc23)cc(Br)cc1OC. The van der Waals surface area contributed by atoms with Crippen LogP contribution in [0.3, 0.4) is 0 Å². The zero-order chi connectivity index (χ0) is 18.4. The van der Waals surface area contributed by atoms with E-state index in [1.54, 1.807) is 7.11 Å². The fraction of sp³-hybridized carbons (Fsp3) is 0.333. The second-order valence-electron chi connectivity index (χ2n) is 6.23. The van der Waals surface area contributed by atoms with Gasteiger partial charge in [0.1, 0.15) is 0 Å². The summed E-state index contributed by atoms with van der Waals surface area (Å²) in [6, 6.07) is 12.4. The number of benzene rings is 2. The number of H-pyrrole nitrogens is 1. The highest BCUT2D eigenvalue weighted by Gasteiger charge is 2.12. The number of nitrogens with one attached hydrogen (secondary N) is 2. The van der Waals surface area contributed by atoms with Crippen LogP contribution in [0.1, 0.15) is 24.5 Å². The summed E-state index contributed by atoms with van der Waals surface area (Å²) in [5, 5.41) is 4.83. The first-order chi connectivity index (χ1) is 12.7. The van der Waals surface area contributed by atoms with Crippen molar-refractivity contribution in [2.24, 2.45) is 0 Å². The van der Waals surface area contributed by atoms with Crippen molar-refractivity contribution in [3.8, 4) is 11.5 Å². The van der Waals surface area contributed by atoms with E-state index in [1.807, 2.05) is 6.07 Å². The lowest BCUT2D eigenvalue weighted by Gasteiger charge is -2.16. The first kappa shape index (κ1) is 18.8. The van der Waals surface area contributed by atoms with Crippen molar-refractivity contribution in [2.75, 3.05) is 20.3 Å². The monoisotopic (exact) mass is 416 g/mol. The molecule has 5 heteroatoms. The number of hydrogen-bond acceptors (Lipinski definition) is 3. The van der Waals surface area contributed by atoms with Gasteiger partial charge in [-0.15, -0.1) is 0 Å². The zero-order valence-electron chi connectivity index (χ0n) is 15.3. The fourth-order valence-corrected chi connectivity index (χ4v) is 3.54. The summed E-state index contributed by atoms with van der Waals surface area (Å²) >= 11 is 3.56. The van der Waals surface area contributed by atoms with Gasteiger partial charge in [-0.3, -0.25) is 0 Å². The minimum absolute atomic E-state index is 0.681. The van der Waals surface area contributed by atoms with Gasteiger partial charge in [-0.05, 0) is 43.1 Å². The molecular formula is C21H25BrN2O2. The van der Waals surface area contributed by atoms with Crippen molar-refractivity contribution in [1.82, 2.24) is 10.3 Å². The lowest BCUT2D eigenvalue weighted by molar-refractivity contribution is 0.290. The maximum Gasteiger partial charge on any atom is 0.165 e. The number of methoxy groups -OCH3 is 1. The number of aromatic amines is 1. The number of aromatic nitrogens is 1. The lowest BCUT2D eigenvalue weighted by Crippen LogP contribution is -2.17. The van der Waals surface area contributed by atoms with Gasteiger partial charge in [-0.1, -0.05) is 41.1 Å². The predicted molar refractivity (Wildman–Crippen MR) is 110 cm³/mol. The van der Waals surface area contributed by atoms with Gasteiger partial charge in [-0.2, -0.15) is 0 Å². The number of rotatable bonds is 9. The minimum atomic E-state index is 0.681. The Kier molecular flexibility index (Phi) is 6.58. The van der Waals surface area contributed by atoms with Crippen LogP contribution in [0.15, 0.2) is 47.1 Å². The molecule has 0 radical (unpaired) electrons.